The first-order valence-electron chi connectivity index (χ1n) is 5.76. The number of nitrogens with one attached hydrogen (secondary N) is 1. The van der Waals surface area contributed by atoms with Crippen LogP contribution in [0.15, 0.2) is 13.6 Å². The van der Waals surface area contributed by atoms with Crippen LogP contribution in [0.5, 0.6) is 0 Å². The summed E-state index contributed by atoms with van der Waals surface area (Å²) in [5, 5.41) is 3.57. The molecule has 1 aromatic heterocycles. The summed E-state index contributed by atoms with van der Waals surface area (Å²) in [6.45, 7) is 7.76. The minimum atomic E-state index is 0.469. The maximum atomic E-state index is 3.65. The molecule has 0 aliphatic rings. The second kappa shape index (κ2) is 7.14. The van der Waals surface area contributed by atoms with Crippen molar-refractivity contribution < 1.29 is 0 Å². The Hall–Kier alpha value is 0.620. The van der Waals surface area contributed by atoms with Gasteiger partial charge in [-0.2, -0.15) is 0 Å². The molecule has 1 nitrogen and oxygen atoms in total. The molecule has 4 heteroatoms. The zero-order valence-electron chi connectivity index (χ0n) is 10.0. The first-order chi connectivity index (χ1) is 7.58. The molecule has 1 N–H and O–H groups in total. The highest BCUT2D eigenvalue weighted by Gasteiger charge is 2.18. The molecule has 2 atom stereocenters. The molecule has 0 aliphatic carbocycles. The average molecular weight is 369 g/mol. The highest BCUT2D eigenvalue weighted by molar-refractivity contribution is 9.12. The summed E-state index contributed by atoms with van der Waals surface area (Å²) in [6, 6.07) is 2.70. The van der Waals surface area contributed by atoms with Crippen LogP contribution in [0.2, 0.25) is 0 Å². The van der Waals surface area contributed by atoms with Crippen molar-refractivity contribution in [3.05, 3.63) is 19.2 Å². The predicted molar refractivity (Wildman–Crippen MR) is 80.2 cm³/mol. The Morgan fingerprint density at radius 2 is 2.06 bits per heavy atom. The molecule has 0 saturated carbocycles. The first kappa shape index (κ1) is 14.7. The van der Waals surface area contributed by atoms with Crippen LogP contribution in [0, 0.1) is 5.92 Å². The van der Waals surface area contributed by atoms with Gasteiger partial charge in [0.25, 0.3) is 0 Å². The second-order valence-corrected chi connectivity index (χ2v) is 7.89. The van der Waals surface area contributed by atoms with Gasteiger partial charge in [0.15, 0.2) is 0 Å². The standard InChI is InChI=1S/C12H19Br2NS/c1-4-8(3)6-10(15-5-2)9-7-11(13)16-12(9)14/h7-8,10,15H,4-6H2,1-3H3. The lowest BCUT2D eigenvalue weighted by Crippen LogP contribution is -2.22. The van der Waals surface area contributed by atoms with Gasteiger partial charge in [0.2, 0.25) is 0 Å². The smallest absolute Gasteiger partial charge is 0.0758 e. The Kier molecular flexibility index (Phi) is 6.55. The number of thiophene rings is 1. The van der Waals surface area contributed by atoms with Gasteiger partial charge in [-0.3, -0.25) is 0 Å². The van der Waals surface area contributed by atoms with Crippen LogP contribution in [0.25, 0.3) is 0 Å². The number of hydrogen-bond donors (Lipinski definition) is 1. The lowest BCUT2D eigenvalue weighted by atomic mass is 9.96. The summed E-state index contributed by atoms with van der Waals surface area (Å²) in [5.41, 5.74) is 1.39. The predicted octanol–water partition coefficient (Wildman–Crippen LogP) is 5.36. The van der Waals surface area contributed by atoms with E-state index in [1.807, 2.05) is 0 Å². The van der Waals surface area contributed by atoms with Crippen LogP contribution in [-0.4, -0.2) is 6.54 Å². The second-order valence-electron chi connectivity index (χ2n) is 4.14. The van der Waals surface area contributed by atoms with Gasteiger partial charge in [-0.1, -0.05) is 27.2 Å². The molecule has 0 fully saturated rings. The van der Waals surface area contributed by atoms with Crippen molar-refractivity contribution in [3.63, 3.8) is 0 Å². The molecular formula is C12H19Br2NS. The maximum Gasteiger partial charge on any atom is 0.0758 e. The van der Waals surface area contributed by atoms with E-state index in [1.54, 1.807) is 11.3 Å². The fourth-order valence-corrected chi connectivity index (χ4v) is 4.70. The van der Waals surface area contributed by atoms with Gasteiger partial charge in [0.05, 0.1) is 7.57 Å². The molecule has 0 radical (unpaired) electrons. The van der Waals surface area contributed by atoms with Gasteiger partial charge in [0, 0.05) is 6.04 Å². The highest BCUT2D eigenvalue weighted by atomic mass is 79.9. The van der Waals surface area contributed by atoms with Gasteiger partial charge in [-0.15, -0.1) is 11.3 Å². The zero-order chi connectivity index (χ0) is 12.1. The SMILES string of the molecule is CCNC(CC(C)CC)c1cc(Br)sc1Br. The third kappa shape index (κ3) is 4.13. The number of rotatable bonds is 6. The highest BCUT2D eigenvalue weighted by Crippen LogP contribution is 2.37. The fraction of sp³-hybridized carbons (Fsp3) is 0.667. The molecule has 0 aliphatic heterocycles. The van der Waals surface area contributed by atoms with E-state index in [1.165, 1.54) is 26.0 Å². The van der Waals surface area contributed by atoms with Gasteiger partial charge < -0.3 is 5.32 Å². The number of hydrogen-bond acceptors (Lipinski definition) is 2. The molecule has 92 valence electrons. The molecule has 0 spiro atoms. The minimum Gasteiger partial charge on any atom is -0.310 e. The lowest BCUT2D eigenvalue weighted by Gasteiger charge is -2.21. The summed E-state index contributed by atoms with van der Waals surface area (Å²) in [5.74, 6) is 0.759. The van der Waals surface area contributed by atoms with Crippen molar-refractivity contribution in [1.29, 1.82) is 0 Å². The van der Waals surface area contributed by atoms with E-state index in [-0.39, 0.29) is 0 Å². The topological polar surface area (TPSA) is 12.0 Å². The van der Waals surface area contributed by atoms with Crippen LogP contribution in [0.4, 0.5) is 0 Å². The maximum absolute atomic E-state index is 3.65. The Morgan fingerprint density at radius 3 is 2.50 bits per heavy atom. The summed E-state index contributed by atoms with van der Waals surface area (Å²) in [7, 11) is 0. The van der Waals surface area contributed by atoms with Crippen LogP contribution in [0.1, 0.15) is 45.2 Å². The van der Waals surface area contributed by atoms with Crippen molar-refractivity contribution in [2.45, 2.75) is 39.7 Å². The lowest BCUT2D eigenvalue weighted by molar-refractivity contribution is 0.408. The summed E-state index contributed by atoms with van der Waals surface area (Å²) >= 11 is 8.95. The van der Waals surface area contributed by atoms with Crippen molar-refractivity contribution >= 4 is 43.2 Å². The van der Waals surface area contributed by atoms with Crippen molar-refractivity contribution in [1.82, 2.24) is 5.32 Å². The van der Waals surface area contributed by atoms with Crippen LogP contribution in [-0.2, 0) is 0 Å². The Morgan fingerprint density at radius 1 is 1.38 bits per heavy atom. The van der Waals surface area contributed by atoms with E-state index >= 15 is 0 Å². The molecule has 0 amide bonds. The first-order valence-corrected chi connectivity index (χ1v) is 8.16. The summed E-state index contributed by atoms with van der Waals surface area (Å²) in [6.07, 6.45) is 2.44. The molecule has 0 saturated heterocycles. The fourth-order valence-electron chi connectivity index (χ4n) is 1.73. The normalized spacial score (nSPS) is 15.1. The van der Waals surface area contributed by atoms with E-state index in [0.717, 1.165) is 12.5 Å². The quantitative estimate of drug-likeness (QED) is 0.712. The third-order valence-corrected chi connectivity index (χ3v) is 5.23. The van der Waals surface area contributed by atoms with E-state index in [0.29, 0.717) is 6.04 Å². The molecule has 0 bridgehead atoms. The van der Waals surface area contributed by atoms with Gasteiger partial charge in [-0.25, -0.2) is 0 Å². The van der Waals surface area contributed by atoms with E-state index in [4.69, 9.17) is 0 Å². The van der Waals surface area contributed by atoms with Gasteiger partial charge in [0.1, 0.15) is 0 Å². The summed E-state index contributed by atoms with van der Waals surface area (Å²) in [4.78, 5) is 0. The molecule has 0 aromatic carbocycles. The van der Waals surface area contributed by atoms with E-state index < -0.39 is 0 Å². The molecule has 1 aromatic rings. The Bertz CT molecular complexity index is 325. The van der Waals surface area contributed by atoms with Gasteiger partial charge >= 0.3 is 0 Å². The number of halogens is 2. The van der Waals surface area contributed by atoms with Crippen molar-refractivity contribution in [3.8, 4) is 0 Å². The Balaban J connectivity index is 2.80. The van der Waals surface area contributed by atoms with Crippen LogP contribution < -0.4 is 5.32 Å². The van der Waals surface area contributed by atoms with Gasteiger partial charge in [-0.05, 0) is 62.4 Å². The Labute approximate surface area is 119 Å². The van der Waals surface area contributed by atoms with E-state index in [2.05, 4.69) is 64.0 Å². The van der Waals surface area contributed by atoms with E-state index in [9.17, 15) is 0 Å². The molecule has 1 rings (SSSR count). The van der Waals surface area contributed by atoms with Crippen molar-refractivity contribution in [2.75, 3.05) is 6.54 Å². The largest absolute Gasteiger partial charge is 0.310 e. The monoisotopic (exact) mass is 367 g/mol. The van der Waals surface area contributed by atoms with Crippen molar-refractivity contribution in [2.24, 2.45) is 5.92 Å². The average Bonchev–Trinajstić information content (AvgIpc) is 2.57. The molecule has 1 heterocycles. The van der Waals surface area contributed by atoms with Crippen LogP contribution >= 0.6 is 43.2 Å². The molecular weight excluding hydrogens is 350 g/mol. The summed E-state index contributed by atoms with van der Waals surface area (Å²) < 4.78 is 2.44. The van der Waals surface area contributed by atoms with Crippen LogP contribution in [0.3, 0.4) is 0 Å². The molecule has 2 unspecified atom stereocenters. The molecule has 16 heavy (non-hydrogen) atoms. The third-order valence-electron chi connectivity index (χ3n) is 2.84. The zero-order valence-corrected chi connectivity index (χ0v) is 14.0. The minimum absolute atomic E-state index is 0.469.